The molecule has 0 saturated carbocycles. The Bertz CT molecular complexity index is 414. The molecule has 0 amide bonds. The lowest BCUT2D eigenvalue weighted by atomic mass is 9.89. The van der Waals surface area contributed by atoms with Gasteiger partial charge in [0.05, 0.1) is 12.7 Å². The minimum Gasteiger partial charge on any atom is -0.375 e. The maximum absolute atomic E-state index is 5.95. The average Bonchev–Trinajstić information content (AvgIpc) is 2.87. The molecule has 0 aliphatic carbocycles. The zero-order valence-corrected chi connectivity index (χ0v) is 12.5. The Labute approximate surface area is 122 Å². The minimum absolute atomic E-state index is 0.351. The van der Waals surface area contributed by atoms with Gasteiger partial charge in [-0.15, -0.1) is 0 Å². The van der Waals surface area contributed by atoms with Crippen molar-refractivity contribution in [3.8, 4) is 0 Å². The summed E-state index contributed by atoms with van der Waals surface area (Å²) < 4.78 is 5.95. The standard InChI is InChI=1S/C17H26N2O/c1-17(7-8-18-13-17)14-19-9-10-20-16(12-19)11-15-5-3-2-4-6-15/h2-6,16,18H,7-14H2,1H3. The molecule has 2 saturated heterocycles. The first-order chi connectivity index (χ1) is 9.73. The summed E-state index contributed by atoms with van der Waals surface area (Å²) >= 11 is 0. The van der Waals surface area contributed by atoms with Crippen molar-refractivity contribution in [3.05, 3.63) is 35.9 Å². The largest absolute Gasteiger partial charge is 0.375 e. The van der Waals surface area contributed by atoms with Gasteiger partial charge >= 0.3 is 0 Å². The Hall–Kier alpha value is -0.900. The molecule has 2 fully saturated rings. The summed E-state index contributed by atoms with van der Waals surface area (Å²) in [5.41, 5.74) is 1.84. The van der Waals surface area contributed by atoms with E-state index in [9.17, 15) is 0 Å². The number of hydrogen-bond donors (Lipinski definition) is 1. The molecule has 3 rings (SSSR count). The third-order valence-corrected chi connectivity index (χ3v) is 4.59. The highest BCUT2D eigenvalue weighted by Crippen LogP contribution is 2.26. The quantitative estimate of drug-likeness (QED) is 0.908. The van der Waals surface area contributed by atoms with Crippen LogP contribution < -0.4 is 5.32 Å². The molecule has 2 aliphatic rings. The van der Waals surface area contributed by atoms with Crippen molar-refractivity contribution in [3.63, 3.8) is 0 Å². The van der Waals surface area contributed by atoms with Crippen LogP contribution in [0, 0.1) is 5.41 Å². The molecule has 2 atom stereocenters. The normalized spacial score (nSPS) is 31.6. The minimum atomic E-state index is 0.351. The smallest absolute Gasteiger partial charge is 0.0742 e. The topological polar surface area (TPSA) is 24.5 Å². The first kappa shape index (κ1) is 14.1. The van der Waals surface area contributed by atoms with Crippen molar-refractivity contribution < 1.29 is 4.74 Å². The van der Waals surface area contributed by atoms with Crippen LogP contribution in [0.2, 0.25) is 0 Å². The SMILES string of the molecule is CC1(CN2CCOC(Cc3ccccc3)C2)CCNC1. The van der Waals surface area contributed by atoms with Crippen LogP contribution in [-0.2, 0) is 11.2 Å². The van der Waals surface area contributed by atoms with Crippen molar-refractivity contribution >= 4 is 0 Å². The molecule has 1 aromatic rings. The summed E-state index contributed by atoms with van der Waals surface area (Å²) in [5.74, 6) is 0. The van der Waals surface area contributed by atoms with Gasteiger partial charge in [0.1, 0.15) is 0 Å². The van der Waals surface area contributed by atoms with Gasteiger partial charge in [-0.2, -0.15) is 0 Å². The summed E-state index contributed by atoms with van der Waals surface area (Å²) in [6, 6.07) is 10.7. The fraction of sp³-hybridized carbons (Fsp3) is 0.647. The zero-order valence-electron chi connectivity index (χ0n) is 12.5. The zero-order chi connectivity index (χ0) is 13.8. The predicted molar refractivity (Wildman–Crippen MR) is 81.9 cm³/mol. The van der Waals surface area contributed by atoms with Gasteiger partial charge < -0.3 is 10.1 Å². The van der Waals surface area contributed by atoms with Gasteiger partial charge in [-0.1, -0.05) is 37.3 Å². The number of nitrogens with one attached hydrogen (secondary N) is 1. The number of ether oxygens (including phenoxy) is 1. The van der Waals surface area contributed by atoms with E-state index in [1.165, 1.54) is 25.1 Å². The third kappa shape index (κ3) is 3.60. The molecule has 1 aromatic carbocycles. The average molecular weight is 274 g/mol. The Kier molecular flexibility index (Phi) is 4.39. The summed E-state index contributed by atoms with van der Waals surface area (Å²) in [4.78, 5) is 2.60. The molecule has 3 heteroatoms. The van der Waals surface area contributed by atoms with Gasteiger partial charge in [-0.3, -0.25) is 4.90 Å². The molecular formula is C17H26N2O. The van der Waals surface area contributed by atoms with Crippen molar-refractivity contribution in [2.45, 2.75) is 25.9 Å². The van der Waals surface area contributed by atoms with E-state index in [1.54, 1.807) is 0 Å². The highest BCUT2D eigenvalue weighted by atomic mass is 16.5. The molecule has 2 unspecified atom stereocenters. The van der Waals surface area contributed by atoms with E-state index in [1.807, 2.05) is 0 Å². The molecule has 2 heterocycles. The molecule has 20 heavy (non-hydrogen) atoms. The lowest BCUT2D eigenvalue weighted by Crippen LogP contribution is -2.47. The van der Waals surface area contributed by atoms with Crippen molar-refractivity contribution in [2.75, 3.05) is 39.3 Å². The fourth-order valence-corrected chi connectivity index (χ4v) is 3.47. The van der Waals surface area contributed by atoms with Crippen LogP contribution in [0.5, 0.6) is 0 Å². The second-order valence-corrected chi connectivity index (χ2v) is 6.66. The van der Waals surface area contributed by atoms with Gasteiger partial charge in [0, 0.05) is 26.2 Å². The first-order valence-electron chi connectivity index (χ1n) is 7.82. The van der Waals surface area contributed by atoms with Gasteiger partial charge in [0.25, 0.3) is 0 Å². The van der Waals surface area contributed by atoms with Crippen molar-refractivity contribution in [2.24, 2.45) is 5.41 Å². The van der Waals surface area contributed by atoms with E-state index >= 15 is 0 Å². The fourth-order valence-electron chi connectivity index (χ4n) is 3.47. The number of rotatable bonds is 4. The molecule has 1 N–H and O–H groups in total. The highest BCUT2D eigenvalue weighted by molar-refractivity contribution is 5.15. The molecule has 110 valence electrons. The lowest BCUT2D eigenvalue weighted by Gasteiger charge is -2.37. The summed E-state index contributed by atoms with van der Waals surface area (Å²) in [7, 11) is 0. The third-order valence-electron chi connectivity index (χ3n) is 4.59. The van der Waals surface area contributed by atoms with E-state index in [-0.39, 0.29) is 0 Å². The van der Waals surface area contributed by atoms with Gasteiger partial charge in [0.15, 0.2) is 0 Å². The monoisotopic (exact) mass is 274 g/mol. The summed E-state index contributed by atoms with van der Waals surface area (Å²) in [6.45, 7) is 8.98. The number of hydrogen-bond acceptors (Lipinski definition) is 3. The van der Waals surface area contributed by atoms with Gasteiger partial charge in [0.2, 0.25) is 0 Å². The molecule has 2 aliphatic heterocycles. The second-order valence-electron chi connectivity index (χ2n) is 6.66. The van der Waals surface area contributed by atoms with Gasteiger partial charge in [-0.25, -0.2) is 0 Å². The van der Waals surface area contributed by atoms with Crippen LogP contribution in [0.1, 0.15) is 18.9 Å². The van der Waals surface area contributed by atoms with E-state index in [0.29, 0.717) is 11.5 Å². The molecule has 0 spiro atoms. The van der Waals surface area contributed by atoms with Crippen LogP contribution in [-0.4, -0.2) is 50.3 Å². The van der Waals surface area contributed by atoms with Crippen LogP contribution in [0.15, 0.2) is 30.3 Å². The first-order valence-corrected chi connectivity index (χ1v) is 7.82. The molecule has 0 bridgehead atoms. The van der Waals surface area contributed by atoms with E-state index in [0.717, 1.165) is 32.7 Å². The van der Waals surface area contributed by atoms with Crippen molar-refractivity contribution in [1.82, 2.24) is 10.2 Å². The second kappa shape index (κ2) is 6.25. The predicted octanol–water partition coefficient (Wildman–Crippen LogP) is 1.93. The van der Waals surface area contributed by atoms with E-state index < -0.39 is 0 Å². The van der Waals surface area contributed by atoms with Crippen molar-refractivity contribution in [1.29, 1.82) is 0 Å². The Morgan fingerprint density at radius 3 is 2.95 bits per heavy atom. The van der Waals surface area contributed by atoms with Crippen LogP contribution >= 0.6 is 0 Å². The molecule has 0 radical (unpaired) electrons. The Balaban J connectivity index is 1.54. The van der Waals surface area contributed by atoms with E-state index in [2.05, 4.69) is 47.5 Å². The Morgan fingerprint density at radius 2 is 2.20 bits per heavy atom. The number of benzene rings is 1. The van der Waals surface area contributed by atoms with Gasteiger partial charge in [-0.05, 0) is 30.4 Å². The maximum atomic E-state index is 5.95. The van der Waals surface area contributed by atoms with Crippen LogP contribution in [0.4, 0.5) is 0 Å². The van der Waals surface area contributed by atoms with E-state index in [4.69, 9.17) is 4.74 Å². The molecular weight excluding hydrogens is 248 g/mol. The molecule has 0 aromatic heterocycles. The Morgan fingerprint density at radius 1 is 1.35 bits per heavy atom. The number of morpholine rings is 1. The summed E-state index contributed by atoms with van der Waals surface area (Å²) in [6.07, 6.45) is 2.68. The maximum Gasteiger partial charge on any atom is 0.0742 e. The highest BCUT2D eigenvalue weighted by Gasteiger charge is 2.32. The number of nitrogens with zero attached hydrogens (tertiary/aromatic N) is 1. The lowest BCUT2D eigenvalue weighted by molar-refractivity contribution is -0.0376. The molecule has 3 nitrogen and oxygen atoms in total. The van der Waals surface area contributed by atoms with Crippen LogP contribution in [0.3, 0.4) is 0 Å². The summed E-state index contributed by atoms with van der Waals surface area (Å²) in [5, 5.41) is 3.50. The van der Waals surface area contributed by atoms with Crippen LogP contribution in [0.25, 0.3) is 0 Å².